The van der Waals surface area contributed by atoms with Gasteiger partial charge < -0.3 is 20.1 Å². The topological polar surface area (TPSA) is 74.4 Å². The number of H-pyrrole nitrogens is 1. The van der Waals surface area contributed by atoms with Crippen molar-refractivity contribution in [3.63, 3.8) is 0 Å². The quantitative estimate of drug-likeness (QED) is 0.504. The Labute approximate surface area is 177 Å². The second-order valence-electron chi connectivity index (χ2n) is 7.91. The van der Waals surface area contributed by atoms with E-state index in [1.54, 1.807) is 12.3 Å². The molecule has 1 aliphatic carbocycles. The first-order valence-electron chi connectivity index (χ1n) is 10.2. The second kappa shape index (κ2) is 8.63. The minimum Gasteiger partial charge on any atom is -0.493 e. The highest BCUT2D eigenvalue weighted by Gasteiger charge is 2.34. The Balaban J connectivity index is 1.35. The van der Waals surface area contributed by atoms with E-state index in [-0.39, 0.29) is 24.3 Å². The summed E-state index contributed by atoms with van der Waals surface area (Å²) in [5, 5.41) is 12.9. The molecular weight excluding hydrogens is 409 g/mol. The van der Waals surface area contributed by atoms with Gasteiger partial charge in [-0.25, -0.2) is 0 Å². The molecule has 4 rings (SSSR count). The van der Waals surface area contributed by atoms with E-state index >= 15 is 0 Å². The minimum absolute atomic E-state index is 0.0563. The summed E-state index contributed by atoms with van der Waals surface area (Å²) in [5.41, 5.74) is 1.61. The van der Waals surface area contributed by atoms with Crippen LogP contribution in [0.25, 0.3) is 10.9 Å². The van der Waals surface area contributed by atoms with Gasteiger partial charge in [0, 0.05) is 36.0 Å². The first-order chi connectivity index (χ1) is 14.8. The Kier molecular flexibility index (Phi) is 5.91. The van der Waals surface area contributed by atoms with Gasteiger partial charge in [0.1, 0.15) is 5.75 Å². The van der Waals surface area contributed by atoms with E-state index in [1.807, 2.05) is 12.1 Å². The normalized spacial score (nSPS) is 18.6. The number of aliphatic hydroxyl groups excluding tert-OH is 1. The molecule has 0 spiro atoms. The number of anilines is 1. The van der Waals surface area contributed by atoms with Crippen LogP contribution in [0, 0.1) is 11.8 Å². The molecule has 0 unspecified atom stereocenters. The smallest absolute Gasteiger partial charge is 0.416 e. The first-order valence-corrected chi connectivity index (χ1v) is 10.2. The lowest BCUT2D eigenvalue weighted by Gasteiger charge is -2.32. The molecule has 2 aromatic carbocycles. The van der Waals surface area contributed by atoms with E-state index in [4.69, 9.17) is 9.84 Å². The summed E-state index contributed by atoms with van der Waals surface area (Å²) in [6, 6.07) is 10.5. The van der Waals surface area contributed by atoms with E-state index in [1.165, 1.54) is 12.1 Å². The van der Waals surface area contributed by atoms with Crippen LogP contribution in [-0.4, -0.2) is 29.2 Å². The van der Waals surface area contributed by atoms with E-state index in [0.717, 1.165) is 28.6 Å². The van der Waals surface area contributed by atoms with E-state index in [0.29, 0.717) is 37.3 Å². The maximum absolute atomic E-state index is 12.6. The highest BCUT2D eigenvalue weighted by molar-refractivity contribution is 6.03. The summed E-state index contributed by atoms with van der Waals surface area (Å²) >= 11 is 0. The molecule has 1 amide bonds. The molecule has 0 bridgehead atoms. The summed E-state index contributed by atoms with van der Waals surface area (Å²) in [6.07, 6.45) is -0.739. The largest absolute Gasteiger partial charge is 0.493 e. The number of benzene rings is 2. The second-order valence-corrected chi connectivity index (χ2v) is 7.91. The number of aromatic nitrogens is 1. The zero-order valence-electron chi connectivity index (χ0n) is 16.7. The molecule has 5 nitrogen and oxygen atoms in total. The van der Waals surface area contributed by atoms with Gasteiger partial charge in [-0.3, -0.25) is 4.79 Å². The molecule has 1 aliphatic rings. The number of carbonyl (C=O) groups excluding carboxylic acids is 1. The Bertz CT molecular complexity index is 1050. The van der Waals surface area contributed by atoms with Crippen molar-refractivity contribution in [2.75, 3.05) is 18.5 Å². The number of hydrogen-bond acceptors (Lipinski definition) is 3. The van der Waals surface area contributed by atoms with Crippen molar-refractivity contribution in [2.24, 2.45) is 11.8 Å². The van der Waals surface area contributed by atoms with Crippen LogP contribution in [0.3, 0.4) is 0 Å². The number of alkyl halides is 3. The van der Waals surface area contributed by atoms with Crippen molar-refractivity contribution >= 4 is 22.5 Å². The van der Waals surface area contributed by atoms with Crippen LogP contribution in [0.5, 0.6) is 5.75 Å². The zero-order valence-corrected chi connectivity index (χ0v) is 16.7. The fourth-order valence-electron chi connectivity index (χ4n) is 3.77. The average molecular weight is 432 g/mol. The SMILES string of the molecule is O=C(Nc1c[nH]c2ccc(OCCc3ccc(C(F)(F)F)cc3)cc12)[C@H]1C[C@@H](CO)C1. The predicted octanol–water partition coefficient (Wildman–Crippen LogP) is 4.77. The summed E-state index contributed by atoms with van der Waals surface area (Å²) in [6.45, 7) is 0.428. The number of carbonyl (C=O) groups is 1. The molecular formula is C23H23F3N2O3. The van der Waals surface area contributed by atoms with Crippen LogP contribution in [0.4, 0.5) is 18.9 Å². The van der Waals surface area contributed by atoms with Crippen molar-refractivity contribution in [3.8, 4) is 5.75 Å². The summed E-state index contributed by atoms with van der Waals surface area (Å²) in [7, 11) is 0. The first kappa shape index (κ1) is 21.2. The fourth-order valence-corrected chi connectivity index (χ4v) is 3.77. The number of amides is 1. The van der Waals surface area contributed by atoms with Crippen LogP contribution in [0.15, 0.2) is 48.7 Å². The predicted molar refractivity (Wildman–Crippen MR) is 111 cm³/mol. The lowest BCUT2D eigenvalue weighted by atomic mass is 9.75. The molecule has 31 heavy (non-hydrogen) atoms. The molecule has 1 heterocycles. The van der Waals surface area contributed by atoms with Gasteiger partial charge in [-0.15, -0.1) is 0 Å². The number of fused-ring (bicyclic) bond motifs is 1. The third kappa shape index (κ3) is 4.85. The third-order valence-electron chi connectivity index (χ3n) is 5.72. The van der Waals surface area contributed by atoms with Gasteiger partial charge in [-0.1, -0.05) is 12.1 Å². The molecule has 1 fully saturated rings. The van der Waals surface area contributed by atoms with Crippen molar-refractivity contribution < 1.29 is 27.8 Å². The van der Waals surface area contributed by atoms with Crippen molar-refractivity contribution in [3.05, 3.63) is 59.8 Å². The lowest BCUT2D eigenvalue weighted by molar-refractivity contribution is -0.137. The fraction of sp³-hybridized carbons (Fsp3) is 0.348. The standard InChI is InChI=1S/C23H23F3N2O3/c24-23(25,26)17-3-1-14(2-4-17)7-8-31-18-5-6-20-19(11-18)21(12-27-20)28-22(30)16-9-15(10-16)13-29/h1-6,11-12,15-16,27,29H,7-10,13H2,(H,28,30)/t15-,16+. The summed E-state index contributed by atoms with van der Waals surface area (Å²) in [5.74, 6) is 0.686. The van der Waals surface area contributed by atoms with Gasteiger partial charge in [0.05, 0.1) is 17.9 Å². The third-order valence-corrected chi connectivity index (χ3v) is 5.72. The van der Waals surface area contributed by atoms with E-state index < -0.39 is 11.7 Å². The molecule has 1 saturated carbocycles. The monoisotopic (exact) mass is 432 g/mol. The van der Waals surface area contributed by atoms with Crippen LogP contribution in [-0.2, 0) is 17.4 Å². The van der Waals surface area contributed by atoms with Gasteiger partial charge in [-0.2, -0.15) is 13.2 Å². The van der Waals surface area contributed by atoms with Crippen molar-refractivity contribution in [1.29, 1.82) is 0 Å². The van der Waals surface area contributed by atoms with Gasteiger partial charge in [0.2, 0.25) is 5.91 Å². The highest BCUT2D eigenvalue weighted by atomic mass is 19.4. The lowest BCUT2D eigenvalue weighted by Crippen LogP contribution is -2.35. The summed E-state index contributed by atoms with van der Waals surface area (Å²) < 4.78 is 43.7. The molecule has 0 atom stereocenters. The van der Waals surface area contributed by atoms with Crippen LogP contribution in [0.2, 0.25) is 0 Å². The van der Waals surface area contributed by atoms with Gasteiger partial charge >= 0.3 is 6.18 Å². The maximum Gasteiger partial charge on any atom is 0.416 e. The Morgan fingerprint density at radius 1 is 1.16 bits per heavy atom. The Morgan fingerprint density at radius 3 is 2.58 bits per heavy atom. The number of halogens is 3. The number of aliphatic hydroxyl groups is 1. The van der Waals surface area contributed by atoms with Crippen LogP contribution >= 0.6 is 0 Å². The molecule has 8 heteroatoms. The summed E-state index contributed by atoms with van der Waals surface area (Å²) in [4.78, 5) is 15.5. The molecule has 0 aliphatic heterocycles. The maximum atomic E-state index is 12.6. The van der Waals surface area contributed by atoms with Crippen LogP contribution < -0.4 is 10.1 Å². The number of rotatable bonds is 7. The van der Waals surface area contributed by atoms with Gasteiger partial charge in [0.15, 0.2) is 0 Å². The minimum atomic E-state index is -4.34. The zero-order chi connectivity index (χ0) is 22.0. The van der Waals surface area contributed by atoms with E-state index in [9.17, 15) is 18.0 Å². The van der Waals surface area contributed by atoms with Gasteiger partial charge in [0.25, 0.3) is 0 Å². The number of aromatic amines is 1. The number of nitrogens with one attached hydrogen (secondary N) is 2. The van der Waals surface area contributed by atoms with Crippen molar-refractivity contribution in [1.82, 2.24) is 4.98 Å². The molecule has 1 aromatic heterocycles. The number of hydrogen-bond donors (Lipinski definition) is 3. The van der Waals surface area contributed by atoms with Gasteiger partial charge in [-0.05, 0) is 54.7 Å². The molecule has 164 valence electrons. The van der Waals surface area contributed by atoms with Crippen molar-refractivity contribution in [2.45, 2.75) is 25.4 Å². The average Bonchev–Trinajstić information content (AvgIpc) is 3.09. The number of ether oxygens (including phenoxy) is 1. The highest BCUT2D eigenvalue weighted by Crippen LogP contribution is 2.35. The molecule has 3 N–H and O–H groups in total. The molecule has 0 saturated heterocycles. The Morgan fingerprint density at radius 2 is 1.90 bits per heavy atom. The molecule has 0 radical (unpaired) electrons. The molecule has 3 aromatic rings. The van der Waals surface area contributed by atoms with E-state index in [2.05, 4.69) is 10.3 Å². The Hall–Kier alpha value is -3.00. The van der Waals surface area contributed by atoms with Crippen LogP contribution in [0.1, 0.15) is 24.0 Å².